The Hall–Kier alpha value is -2.21. The molecule has 0 saturated heterocycles. The molecule has 0 saturated carbocycles. The standard InChI is InChI=1S/C11H11N3O3/c15-14(16)11-5-4-10(17-11)8-12-7-9-3-1-2-6-13-9/h1-6,12H,7-8H2. The average Bonchev–Trinajstić information content (AvgIpc) is 2.79. The molecule has 0 atom stereocenters. The highest BCUT2D eigenvalue weighted by atomic mass is 16.6. The molecule has 2 aromatic heterocycles. The Bertz CT molecular complexity index is 496. The third-order valence-electron chi connectivity index (χ3n) is 2.16. The lowest BCUT2D eigenvalue weighted by atomic mass is 10.3. The zero-order valence-corrected chi connectivity index (χ0v) is 9.00. The van der Waals surface area contributed by atoms with Crippen LogP contribution in [0.1, 0.15) is 11.5 Å². The highest BCUT2D eigenvalue weighted by Crippen LogP contribution is 2.15. The highest BCUT2D eigenvalue weighted by Gasteiger charge is 2.10. The van der Waals surface area contributed by atoms with Gasteiger partial charge in [0, 0.05) is 12.7 Å². The molecule has 17 heavy (non-hydrogen) atoms. The SMILES string of the molecule is O=[N+]([O-])c1ccc(CNCc2ccccn2)o1. The Labute approximate surface area is 97.4 Å². The van der Waals surface area contributed by atoms with Gasteiger partial charge in [-0.1, -0.05) is 6.07 Å². The molecule has 2 heterocycles. The lowest BCUT2D eigenvalue weighted by Crippen LogP contribution is -2.12. The van der Waals surface area contributed by atoms with E-state index in [0.717, 1.165) is 5.69 Å². The summed E-state index contributed by atoms with van der Waals surface area (Å²) in [4.78, 5) is 14.0. The summed E-state index contributed by atoms with van der Waals surface area (Å²) in [5.74, 6) is 0.298. The van der Waals surface area contributed by atoms with Crippen molar-refractivity contribution in [3.05, 3.63) is 58.1 Å². The molecule has 0 spiro atoms. The maximum absolute atomic E-state index is 10.4. The van der Waals surface area contributed by atoms with Crippen LogP contribution < -0.4 is 5.32 Å². The highest BCUT2D eigenvalue weighted by molar-refractivity contribution is 5.17. The van der Waals surface area contributed by atoms with Crippen molar-refractivity contribution in [1.29, 1.82) is 0 Å². The number of nitro groups is 1. The van der Waals surface area contributed by atoms with Crippen molar-refractivity contribution >= 4 is 5.88 Å². The van der Waals surface area contributed by atoms with Crippen LogP contribution in [0.2, 0.25) is 0 Å². The van der Waals surface area contributed by atoms with Crippen LogP contribution in [0.15, 0.2) is 40.9 Å². The first kappa shape index (κ1) is 11.3. The lowest BCUT2D eigenvalue weighted by molar-refractivity contribution is -0.402. The van der Waals surface area contributed by atoms with E-state index in [-0.39, 0.29) is 5.88 Å². The minimum absolute atomic E-state index is 0.236. The first-order valence-electron chi connectivity index (χ1n) is 5.09. The lowest BCUT2D eigenvalue weighted by Gasteiger charge is -2.01. The minimum Gasteiger partial charge on any atom is -0.404 e. The van der Waals surface area contributed by atoms with Crippen LogP contribution in [0.4, 0.5) is 5.88 Å². The van der Waals surface area contributed by atoms with Gasteiger partial charge in [-0.25, -0.2) is 0 Å². The van der Waals surface area contributed by atoms with E-state index in [9.17, 15) is 10.1 Å². The molecule has 0 fully saturated rings. The molecule has 2 aromatic rings. The van der Waals surface area contributed by atoms with E-state index in [1.807, 2.05) is 18.2 Å². The fourth-order valence-electron chi connectivity index (χ4n) is 1.38. The van der Waals surface area contributed by atoms with Gasteiger partial charge in [0.15, 0.2) is 0 Å². The second-order valence-electron chi connectivity index (χ2n) is 3.42. The fourth-order valence-corrected chi connectivity index (χ4v) is 1.38. The quantitative estimate of drug-likeness (QED) is 0.629. The van der Waals surface area contributed by atoms with Gasteiger partial charge in [0.1, 0.15) is 10.7 Å². The molecule has 2 rings (SSSR count). The third kappa shape index (κ3) is 3.12. The number of hydrogen-bond donors (Lipinski definition) is 1. The molecule has 0 unspecified atom stereocenters. The fraction of sp³-hybridized carbons (Fsp3) is 0.182. The molecule has 0 bridgehead atoms. The van der Waals surface area contributed by atoms with Crippen LogP contribution in [0.25, 0.3) is 0 Å². The predicted molar refractivity (Wildman–Crippen MR) is 60.1 cm³/mol. The summed E-state index contributed by atoms with van der Waals surface area (Å²) in [6.07, 6.45) is 1.72. The molecule has 0 aliphatic carbocycles. The second kappa shape index (κ2) is 5.22. The van der Waals surface area contributed by atoms with Gasteiger partial charge >= 0.3 is 5.88 Å². The van der Waals surface area contributed by atoms with Crippen LogP contribution in [-0.4, -0.2) is 9.91 Å². The van der Waals surface area contributed by atoms with E-state index in [4.69, 9.17) is 4.42 Å². The number of nitrogens with zero attached hydrogens (tertiary/aromatic N) is 2. The Morgan fingerprint density at radius 3 is 2.82 bits per heavy atom. The number of rotatable bonds is 5. The summed E-state index contributed by atoms with van der Waals surface area (Å²) >= 11 is 0. The first-order chi connectivity index (χ1) is 8.25. The Balaban J connectivity index is 1.84. The van der Waals surface area contributed by atoms with Crippen molar-refractivity contribution in [2.24, 2.45) is 0 Å². The van der Waals surface area contributed by atoms with Gasteiger partial charge in [-0.05, 0) is 18.2 Å². The van der Waals surface area contributed by atoms with Crippen molar-refractivity contribution in [3.63, 3.8) is 0 Å². The number of aromatic nitrogens is 1. The van der Waals surface area contributed by atoms with Gasteiger partial charge in [-0.15, -0.1) is 0 Å². The smallest absolute Gasteiger partial charge is 0.404 e. The molecule has 6 heteroatoms. The molecule has 0 amide bonds. The maximum Gasteiger partial charge on any atom is 0.433 e. The van der Waals surface area contributed by atoms with Crippen LogP contribution >= 0.6 is 0 Å². The van der Waals surface area contributed by atoms with Gasteiger partial charge in [0.25, 0.3) is 0 Å². The van der Waals surface area contributed by atoms with Crippen molar-refractivity contribution in [1.82, 2.24) is 10.3 Å². The molecular formula is C11H11N3O3. The predicted octanol–water partition coefficient (Wildman–Crippen LogP) is 1.87. The van der Waals surface area contributed by atoms with Crippen molar-refractivity contribution < 1.29 is 9.34 Å². The number of furan rings is 1. The van der Waals surface area contributed by atoms with Gasteiger partial charge in [-0.3, -0.25) is 15.1 Å². The van der Waals surface area contributed by atoms with E-state index < -0.39 is 4.92 Å². The summed E-state index contributed by atoms with van der Waals surface area (Å²) in [5, 5.41) is 13.5. The van der Waals surface area contributed by atoms with Crippen LogP contribution in [0.3, 0.4) is 0 Å². The summed E-state index contributed by atoms with van der Waals surface area (Å²) in [5.41, 5.74) is 0.911. The largest absolute Gasteiger partial charge is 0.433 e. The minimum atomic E-state index is -0.553. The summed E-state index contributed by atoms with van der Waals surface area (Å²) in [6.45, 7) is 1.03. The molecule has 0 aromatic carbocycles. The average molecular weight is 233 g/mol. The molecule has 0 radical (unpaired) electrons. The van der Waals surface area contributed by atoms with Crippen LogP contribution in [0, 0.1) is 10.1 Å². The van der Waals surface area contributed by atoms with E-state index in [1.54, 1.807) is 12.3 Å². The number of nitrogens with one attached hydrogen (secondary N) is 1. The molecular weight excluding hydrogens is 222 g/mol. The normalized spacial score (nSPS) is 10.4. The molecule has 6 nitrogen and oxygen atoms in total. The summed E-state index contributed by atoms with van der Waals surface area (Å²) in [6, 6.07) is 8.58. The zero-order valence-electron chi connectivity index (χ0n) is 9.00. The van der Waals surface area contributed by atoms with E-state index in [2.05, 4.69) is 10.3 Å². The Morgan fingerprint density at radius 1 is 1.29 bits per heavy atom. The number of hydrogen-bond acceptors (Lipinski definition) is 5. The molecule has 1 N–H and O–H groups in total. The molecule has 0 aliphatic rings. The Morgan fingerprint density at radius 2 is 2.18 bits per heavy atom. The maximum atomic E-state index is 10.4. The van der Waals surface area contributed by atoms with Crippen LogP contribution in [0.5, 0.6) is 0 Å². The van der Waals surface area contributed by atoms with E-state index >= 15 is 0 Å². The van der Waals surface area contributed by atoms with Crippen LogP contribution in [-0.2, 0) is 13.1 Å². The molecule has 88 valence electrons. The van der Waals surface area contributed by atoms with E-state index in [1.165, 1.54) is 6.07 Å². The van der Waals surface area contributed by atoms with Crippen molar-refractivity contribution in [2.75, 3.05) is 0 Å². The van der Waals surface area contributed by atoms with E-state index in [0.29, 0.717) is 18.8 Å². The van der Waals surface area contributed by atoms with Crippen molar-refractivity contribution in [2.45, 2.75) is 13.1 Å². The van der Waals surface area contributed by atoms with Gasteiger partial charge in [0.2, 0.25) is 0 Å². The zero-order chi connectivity index (χ0) is 12.1. The van der Waals surface area contributed by atoms with Gasteiger partial charge in [-0.2, -0.15) is 0 Å². The Kier molecular flexibility index (Phi) is 3.46. The summed E-state index contributed by atoms with van der Waals surface area (Å²) < 4.78 is 5.00. The van der Waals surface area contributed by atoms with Gasteiger partial charge in [0.05, 0.1) is 18.3 Å². The second-order valence-corrected chi connectivity index (χ2v) is 3.42. The third-order valence-corrected chi connectivity index (χ3v) is 2.16. The topological polar surface area (TPSA) is 81.2 Å². The summed E-state index contributed by atoms with van der Waals surface area (Å²) in [7, 11) is 0. The first-order valence-corrected chi connectivity index (χ1v) is 5.09. The molecule has 0 aliphatic heterocycles. The van der Waals surface area contributed by atoms with Gasteiger partial charge < -0.3 is 9.73 Å². The monoisotopic (exact) mass is 233 g/mol. The number of pyridine rings is 1. The van der Waals surface area contributed by atoms with Crippen molar-refractivity contribution in [3.8, 4) is 0 Å².